The summed E-state index contributed by atoms with van der Waals surface area (Å²) in [6.07, 6.45) is 8.00. The average Bonchev–Trinajstić information content (AvgIpc) is 2.14. The van der Waals surface area contributed by atoms with Crippen LogP contribution in [-0.2, 0) is 26.2 Å². The second-order valence-electron chi connectivity index (χ2n) is 2.34. The second kappa shape index (κ2) is 4.22. The minimum atomic E-state index is 0. The van der Waals surface area contributed by atoms with Crippen LogP contribution in [0.2, 0.25) is 0 Å². The molecule has 0 nitrogen and oxygen atoms in total. The van der Waals surface area contributed by atoms with Crippen molar-refractivity contribution in [1.82, 2.24) is 0 Å². The van der Waals surface area contributed by atoms with E-state index < -0.39 is 0 Å². The van der Waals surface area contributed by atoms with Crippen molar-refractivity contribution in [3.63, 3.8) is 0 Å². The van der Waals surface area contributed by atoms with Crippen molar-refractivity contribution in [1.29, 1.82) is 0 Å². The van der Waals surface area contributed by atoms with Crippen LogP contribution in [-0.4, -0.2) is 0 Å². The largest absolute Gasteiger partial charge is 0.0774 e. The molecule has 0 saturated carbocycles. The molecule has 0 fully saturated rings. The van der Waals surface area contributed by atoms with Crippen molar-refractivity contribution >= 4 is 0 Å². The van der Waals surface area contributed by atoms with Gasteiger partial charge in [-0.25, -0.2) is 0 Å². The summed E-state index contributed by atoms with van der Waals surface area (Å²) < 4.78 is 0. The summed E-state index contributed by atoms with van der Waals surface area (Å²) in [6, 6.07) is 0. The van der Waals surface area contributed by atoms with E-state index in [9.17, 15) is 0 Å². The maximum Gasteiger partial charge on any atom is 0 e. The summed E-state index contributed by atoms with van der Waals surface area (Å²) in [5.41, 5.74) is 1.41. The molecule has 0 saturated heterocycles. The summed E-state index contributed by atoms with van der Waals surface area (Å²) in [6.45, 7) is 4.36. The number of hydrogen-bond acceptors (Lipinski definition) is 0. The van der Waals surface area contributed by atoms with Crippen LogP contribution in [0, 0.1) is 5.92 Å². The minimum Gasteiger partial charge on any atom is -0.0774 e. The average molecular weight is 199 g/mol. The van der Waals surface area contributed by atoms with Crippen LogP contribution in [0.5, 0.6) is 0 Å². The van der Waals surface area contributed by atoms with Gasteiger partial charge < -0.3 is 0 Å². The van der Waals surface area contributed by atoms with E-state index in [0.29, 0.717) is 0 Å². The smallest absolute Gasteiger partial charge is 0 e. The molecule has 0 aliphatic heterocycles. The molecule has 1 heteroatoms. The summed E-state index contributed by atoms with van der Waals surface area (Å²) in [7, 11) is 0. The van der Waals surface area contributed by atoms with Gasteiger partial charge in [0.15, 0.2) is 0 Å². The summed E-state index contributed by atoms with van der Waals surface area (Å²) in [5.74, 6) is 0.731. The van der Waals surface area contributed by atoms with E-state index in [-0.39, 0.29) is 26.2 Å². The first-order valence-corrected chi connectivity index (χ1v) is 3.19. The minimum absolute atomic E-state index is 0. The Bertz CT molecular complexity index is 134. The summed E-state index contributed by atoms with van der Waals surface area (Å²) in [5, 5.41) is 0. The molecule has 0 N–H and O–H groups in total. The van der Waals surface area contributed by atoms with Crippen LogP contribution >= 0.6 is 0 Å². The van der Waals surface area contributed by atoms with Crippen LogP contribution in [0.1, 0.15) is 20.3 Å². The quantitative estimate of drug-likeness (QED) is 0.609. The van der Waals surface area contributed by atoms with Crippen molar-refractivity contribution in [3.05, 3.63) is 23.8 Å². The molecule has 0 aromatic carbocycles. The third-order valence-corrected chi connectivity index (χ3v) is 1.55. The van der Waals surface area contributed by atoms with Gasteiger partial charge in [-0.15, -0.1) is 0 Å². The van der Waals surface area contributed by atoms with Crippen LogP contribution in [0.15, 0.2) is 23.8 Å². The predicted molar refractivity (Wildman–Crippen MR) is 36.7 cm³/mol. The normalized spacial score (nSPS) is 23.3. The molecule has 0 bridgehead atoms. The molecule has 9 heavy (non-hydrogen) atoms. The van der Waals surface area contributed by atoms with Crippen LogP contribution < -0.4 is 0 Å². The van der Waals surface area contributed by atoms with Gasteiger partial charge in [0.25, 0.3) is 0 Å². The first kappa shape index (κ1) is 9.36. The Kier molecular flexibility index (Phi) is 4.39. The zero-order valence-electron chi connectivity index (χ0n) is 6.02. The van der Waals surface area contributed by atoms with Gasteiger partial charge in [-0.05, 0) is 19.3 Å². The van der Waals surface area contributed by atoms with E-state index in [1.807, 2.05) is 0 Å². The third kappa shape index (κ3) is 2.62. The maximum atomic E-state index is 2.31. The fourth-order valence-corrected chi connectivity index (χ4v) is 0.978. The van der Waals surface area contributed by atoms with Gasteiger partial charge in [-0.3, -0.25) is 0 Å². The Labute approximate surface area is 76.2 Å². The van der Waals surface area contributed by atoms with E-state index in [2.05, 4.69) is 32.1 Å². The molecular formula is C8H12Zr. The van der Waals surface area contributed by atoms with Gasteiger partial charge in [0.2, 0.25) is 0 Å². The van der Waals surface area contributed by atoms with Gasteiger partial charge in [0.1, 0.15) is 0 Å². The molecular weight excluding hydrogens is 187 g/mol. The Morgan fingerprint density at radius 1 is 1.56 bits per heavy atom. The fraction of sp³-hybridized carbons (Fsp3) is 0.500. The van der Waals surface area contributed by atoms with Crippen molar-refractivity contribution in [2.75, 3.05) is 0 Å². The molecule has 1 aliphatic rings. The van der Waals surface area contributed by atoms with E-state index in [1.54, 1.807) is 0 Å². The SMILES string of the molecule is CCC1C=CC(C)=C1.[Zr]. The van der Waals surface area contributed by atoms with Gasteiger partial charge in [0, 0.05) is 26.2 Å². The molecule has 0 aromatic heterocycles. The molecule has 0 spiro atoms. The molecule has 48 valence electrons. The van der Waals surface area contributed by atoms with E-state index >= 15 is 0 Å². The Hall–Kier alpha value is 0.363. The molecule has 1 atom stereocenters. The second-order valence-corrected chi connectivity index (χ2v) is 2.34. The standard InChI is InChI=1S/C8H12.Zr/c1-3-8-5-4-7(2)6-8;/h4-6,8H,3H2,1-2H3;. The first-order chi connectivity index (χ1) is 3.83. The van der Waals surface area contributed by atoms with Crippen LogP contribution in [0.25, 0.3) is 0 Å². The third-order valence-electron chi connectivity index (χ3n) is 1.55. The van der Waals surface area contributed by atoms with Crippen molar-refractivity contribution in [2.45, 2.75) is 20.3 Å². The van der Waals surface area contributed by atoms with Gasteiger partial charge in [0.05, 0.1) is 0 Å². The van der Waals surface area contributed by atoms with E-state index in [1.165, 1.54) is 12.0 Å². The van der Waals surface area contributed by atoms with Crippen LogP contribution in [0.3, 0.4) is 0 Å². The molecule has 1 unspecified atom stereocenters. The van der Waals surface area contributed by atoms with Crippen molar-refractivity contribution in [2.24, 2.45) is 5.92 Å². The van der Waals surface area contributed by atoms with Crippen LogP contribution in [0.4, 0.5) is 0 Å². The molecule has 1 rings (SSSR count). The summed E-state index contributed by atoms with van der Waals surface area (Å²) in [4.78, 5) is 0. The number of hydrogen-bond donors (Lipinski definition) is 0. The topological polar surface area (TPSA) is 0 Å². The number of allylic oxidation sites excluding steroid dienone is 4. The zero-order chi connectivity index (χ0) is 5.98. The molecule has 0 radical (unpaired) electrons. The fourth-order valence-electron chi connectivity index (χ4n) is 0.978. The Balaban J connectivity index is 0.000000640. The van der Waals surface area contributed by atoms with Crippen molar-refractivity contribution in [3.8, 4) is 0 Å². The monoisotopic (exact) mass is 198 g/mol. The Morgan fingerprint density at radius 3 is 2.44 bits per heavy atom. The predicted octanol–water partition coefficient (Wildman–Crippen LogP) is 2.53. The van der Waals surface area contributed by atoms with Gasteiger partial charge >= 0.3 is 0 Å². The zero-order valence-corrected chi connectivity index (χ0v) is 8.47. The maximum absolute atomic E-state index is 2.31. The first-order valence-electron chi connectivity index (χ1n) is 3.19. The van der Waals surface area contributed by atoms with E-state index in [0.717, 1.165) is 5.92 Å². The van der Waals surface area contributed by atoms with Gasteiger partial charge in [-0.2, -0.15) is 0 Å². The van der Waals surface area contributed by atoms with Crippen molar-refractivity contribution < 1.29 is 26.2 Å². The molecule has 0 heterocycles. The molecule has 1 aliphatic carbocycles. The van der Waals surface area contributed by atoms with E-state index in [4.69, 9.17) is 0 Å². The molecule has 0 aromatic rings. The summed E-state index contributed by atoms with van der Waals surface area (Å²) >= 11 is 0. The molecule has 0 amide bonds. The number of rotatable bonds is 1. The Morgan fingerprint density at radius 2 is 2.22 bits per heavy atom. The van der Waals surface area contributed by atoms with Gasteiger partial charge in [-0.1, -0.05) is 30.7 Å².